The van der Waals surface area contributed by atoms with E-state index in [0.717, 1.165) is 11.3 Å². The molecule has 124 valence electrons. The molecule has 0 fully saturated rings. The molecule has 3 rings (SSSR count). The molecule has 0 radical (unpaired) electrons. The molecule has 1 heterocycles. The molecule has 0 saturated carbocycles. The van der Waals surface area contributed by atoms with E-state index < -0.39 is 12.1 Å². The normalized spacial score (nSPS) is 16.4. The molecule has 1 aliphatic rings. The van der Waals surface area contributed by atoms with E-state index in [9.17, 15) is 4.79 Å². The van der Waals surface area contributed by atoms with Gasteiger partial charge in [-0.1, -0.05) is 64.6 Å². The maximum Gasteiger partial charge on any atom is 0.341 e. The summed E-state index contributed by atoms with van der Waals surface area (Å²) in [6.07, 6.45) is 2.83. The van der Waals surface area contributed by atoms with Crippen LogP contribution in [0.2, 0.25) is 20.1 Å². The number of carbonyl (C=O) groups excluding carboxylic acids is 1. The SMILES string of the molecule is COc1ccc(C=CC2OC(=O)c3c(Cl)c(Cl)c(Cl)c(Cl)c32)cc1. The number of hydrogen-bond donors (Lipinski definition) is 0. The molecular formula is C17H10Cl4O3. The van der Waals surface area contributed by atoms with Gasteiger partial charge in [-0.15, -0.1) is 0 Å². The predicted molar refractivity (Wildman–Crippen MR) is 96.7 cm³/mol. The first-order chi connectivity index (χ1) is 11.4. The lowest BCUT2D eigenvalue weighted by molar-refractivity contribution is 0.0469. The van der Waals surface area contributed by atoms with Crippen LogP contribution in [0.1, 0.15) is 27.6 Å². The fourth-order valence-electron chi connectivity index (χ4n) is 2.40. The van der Waals surface area contributed by atoms with Crippen molar-refractivity contribution < 1.29 is 14.3 Å². The molecule has 7 heteroatoms. The second-order valence-corrected chi connectivity index (χ2v) is 6.51. The third kappa shape index (κ3) is 2.98. The zero-order valence-corrected chi connectivity index (χ0v) is 15.3. The predicted octanol–water partition coefficient (Wildman–Crippen LogP) is 6.23. The maximum absolute atomic E-state index is 12.1. The van der Waals surface area contributed by atoms with Gasteiger partial charge >= 0.3 is 5.97 Å². The Hall–Kier alpha value is -1.39. The van der Waals surface area contributed by atoms with E-state index >= 15 is 0 Å². The van der Waals surface area contributed by atoms with Crippen LogP contribution in [0.5, 0.6) is 5.75 Å². The summed E-state index contributed by atoms with van der Waals surface area (Å²) in [5.41, 5.74) is 1.48. The van der Waals surface area contributed by atoms with E-state index in [1.54, 1.807) is 19.3 Å². The number of fused-ring (bicyclic) bond motifs is 1. The van der Waals surface area contributed by atoms with Crippen molar-refractivity contribution in [1.29, 1.82) is 0 Å². The van der Waals surface area contributed by atoms with Crippen LogP contribution in [0.25, 0.3) is 6.08 Å². The minimum Gasteiger partial charge on any atom is -0.497 e. The van der Waals surface area contributed by atoms with Crippen LogP contribution >= 0.6 is 46.4 Å². The summed E-state index contributed by atoms with van der Waals surface area (Å²) in [5.74, 6) is 0.167. The highest BCUT2D eigenvalue weighted by Gasteiger charge is 2.37. The second kappa shape index (κ2) is 6.85. The summed E-state index contributed by atoms with van der Waals surface area (Å²) in [7, 11) is 1.60. The molecule has 2 aromatic carbocycles. The third-order valence-electron chi connectivity index (χ3n) is 3.61. The monoisotopic (exact) mass is 402 g/mol. The van der Waals surface area contributed by atoms with Gasteiger partial charge in [0.25, 0.3) is 0 Å². The number of hydrogen-bond acceptors (Lipinski definition) is 3. The number of cyclic esters (lactones) is 1. The Morgan fingerprint density at radius 1 is 1.00 bits per heavy atom. The molecular weight excluding hydrogens is 394 g/mol. The van der Waals surface area contributed by atoms with Crippen molar-refractivity contribution in [2.45, 2.75) is 6.10 Å². The second-order valence-electron chi connectivity index (χ2n) is 5.00. The standard InChI is InChI=1S/C17H10Cl4O3/c1-23-9-5-2-8(3-6-9)4-7-10-11-12(17(22)24-10)14(19)16(21)15(20)13(11)18/h2-7,10H,1H3. The first-order valence-electron chi connectivity index (χ1n) is 6.83. The molecule has 0 bridgehead atoms. The first-order valence-corrected chi connectivity index (χ1v) is 8.34. The van der Waals surface area contributed by atoms with Gasteiger partial charge in [0.15, 0.2) is 0 Å². The lowest BCUT2D eigenvalue weighted by atomic mass is 10.0. The van der Waals surface area contributed by atoms with Crippen LogP contribution in [0.3, 0.4) is 0 Å². The molecule has 0 amide bonds. The third-order valence-corrected chi connectivity index (χ3v) is 5.42. The van der Waals surface area contributed by atoms with E-state index in [0.29, 0.717) is 5.56 Å². The average molecular weight is 404 g/mol. The molecule has 0 aliphatic carbocycles. The lowest BCUT2D eigenvalue weighted by Gasteiger charge is -2.10. The molecule has 1 aliphatic heterocycles. The molecule has 3 nitrogen and oxygen atoms in total. The molecule has 0 aromatic heterocycles. The van der Waals surface area contributed by atoms with Crippen LogP contribution in [-0.2, 0) is 4.74 Å². The van der Waals surface area contributed by atoms with Gasteiger partial charge in [0.2, 0.25) is 0 Å². The number of benzene rings is 2. The van der Waals surface area contributed by atoms with Crippen molar-refractivity contribution in [2.75, 3.05) is 7.11 Å². The van der Waals surface area contributed by atoms with Crippen molar-refractivity contribution in [3.63, 3.8) is 0 Å². The smallest absolute Gasteiger partial charge is 0.341 e. The van der Waals surface area contributed by atoms with Crippen molar-refractivity contribution >= 4 is 58.4 Å². The quantitative estimate of drug-likeness (QED) is 0.346. The Labute approximate surface area is 158 Å². The topological polar surface area (TPSA) is 35.5 Å². The Balaban J connectivity index is 1.98. The summed E-state index contributed by atoms with van der Waals surface area (Å²) in [4.78, 5) is 12.1. The van der Waals surface area contributed by atoms with E-state index in [1.807, 2.05) is 24.3 Å². The molecule has 0 spiro atoms. The lowest BCUT2D eigenvalue weighted by Crippen LogP contribution is -1.96. The van der Waals surface area contributed by atoms with Crippen LogP contribution in [0.15, 0.2) is 30.3 Å². The van der Waals surface area contributed by atoms with Crippen LogP contribution in [0.4, 0.5) is 0 Å². The van der Waals surface area contributed by atoms with Gasteiger partial charge in [-0.05, 0) is 23.8 Å². The van der Waals surface area contributed by atoms with E-state index in [4.69, 9.17) is 55.9 Å². The largest absolute Gasteiger partial charge is 0.497 e. The van der Waals surface area contributed by atoms with Crippen LogP contribution < -0.4 is 4.74 Å². The van der Waals surface area contributed by atoms with Crippen molar-refractivity contribution in [2.24, 2.45) is 0 Å². The van der Waals surface area contributed by atoms with E-state index in [1.165, 1.54) is 0 Å². The molecule has 24 heavy (non-hydrogen) atoms. The Morgan fingerprint density at radius 2 is 1.62 bits per heavy atom. The average Bonchev–Trinajstić information content (AvgIpc) is 2.93. The van der Waals surface area contributed by atoms with E-state index in [2.05, 4.69) is 0 Å². The zero-order chi connectivity index (χ0) is 17.4. The van der Waals surface area contributed by atoms with Gasteiger partial charge in [0, 0.05) is 5.56 Å². The van der Waals surface area contributed by atoms with Gasteiger partial charge in [-0.25, -0.2) is 4.79 Å². The first kappa shape index (κ1) is 17.4. The van der Waals surface area contributed by atoms with Gasteiger partial charge in [0.05, 0.1) is 32.8 Å². The summed E-state index contributed by atoms with van der Waals surface area (Å²) in [6.45, 7) is 0. The van der Waals surface area contributed by atoms with Gasteiger partial charge in [-0.2, -0.15) is 0 Å². The fourth-order valence-corrected chi connectivity index (χ4v) is 3.45. The number of methoxy groups -OCH3 is 1. The summed E-state index contributed by atoms with van der Waals surface area (Å²) >= 11 is 24.4. The highest BCUT2D eigenvalue weighted by atomic mass is 35.5. The highest BCUT2D eigenvalue weighted by molar-refractivity contribution is 6.53. The molecule has 0 saturated heterocycles. The van der Waals surface area contributed by atoms with Crippen LogP contribution in [-0.4, -0.2) is 13.1 Å². The van der Waals surface area contributed by atoms with Crippen molar-refractivity contribution in [3.8, 4) is 5.75 Å². The summed E-state index contributed by atoms with van der Waals surface area (Å²) < 4.78 is 10.4. The highest BCUT2D eigenvalue weighted by Crippen LogP contribution is 2.48. The van der Waals surface area contributed by atoms with Crippen molar-refractivity contribution in [3.05, 3.63) is 67.1 Å². The molecule has 2 aromatic rings. The summed E-state index contributed by atoms with van der Waals surface area (Å²) in [6, 6.07) is 7.40. The number of esters is 1. The van der Waals surface area contributed by atoms with Gasteiger partial charge in [-0.3, -0.25) is 0 Å². The fraction of sp³-hybridized carbons (Fsp3) is 0.118. The minimum atomic E-state index is -0.686. The van der Waals surface area contributed by atoms with Gasteiger partial charge < -0.3 is 9.47 Å². The Bertz CT molecular complexity index is 844. The van der Waals surface area contributed by atoms with Crippen LogP contribution in [0, 0.1) is 0 Å². The van der Waals surface area contributed by atoms with Crippen molar-refractivity contribution in [1.82, 2.24) is 0 Å². The minimum absolute atomic E-state index is 0.0406. The molecule has 0 N–H and O–H groups in total. The number of rotatable bonds is 3. The molecule has 1 atom stereocenters. The number of ether oxygens (including phenoxy) is 2. The Morgan fingerprint density at radius 3 is 2.25 bits per heavy atom. The Kier molecular flexibility index (Phi) is 4.97. The molecule has 1 unspecified atom stereocenters. The number of carbonyl (C=O) groups is 1. The number of halogens is 4. The summed E-state index contributed by atoms with van der Waals surface area (Å²) in [5, 5.41) is 0.352. The van der Waals surface area contributed by atoms with Gasteiger partial charge in [0.1, 0.15) is 11.9 Å². The zero-order valence-electron chi connectivity index (χ0n) is 12.3. The van der Waals surface area contributed by atoms with E-state index in [-0.39, 0.29) is 25.7 Å². The maximum atomic E-state index is 12.1.